The maximum atomic E-state index is 11.2. The Kier molecular flexibility index (Phi) is 3.33. The lowest BCUT2D eigenvalue weighted by atomic mass is 10.1. The van der Waals surface area contributed by atoms with Crippen molar-refractivity contribution in [1.29, 1.82) is 0 Å². The molecule has 0 saturated carbocycles. The molecule has 0 aliphatic rings. The summed E-state index contributed by atoms with van der Waals surface area (Å²) in [6.45, 7) is 0. The van der Waals surface area contributed by atoms with Crippen LogP contribution in [0.5, 0.6) is 0 Å². The van der Waals surface area contributed by atoms with Gasteiger partial charge >= 0.3 is 0 Å². The van der Waals surface area contributed by atoms with Crippen molar-refractivity contribution in [3.05, 3.63) is 35.4 Å². The molecule has 0 aliphatic carbocycles. The van der Waals surface area contributed by atoms with E-state index in [0.29, 0.717) is 3.94 Å². The lowest BCUT2D eigenvalue weighted by Gasteiger charge is -2.04. The monoisotopic (exact) mass is 232 g/mol. The molecule has 0 aliphatic heterocycles. The average molecular weight is 233 g/mol. The molecule has 2 N–H and O–H groups in total. The van der Waals surface area contributed by atoms with Gasteiger partial charge in [-0.1, -0.05) is 6.07 Å². The van der Waals surface area contributed by atoms with Gasteiger partial charge < -0.3 is 5.73 Å². The highest BCUT2D eigenvalue weighted by Gasteiger charge is 2.12. The summed E-state index contributed by atoms with van der Waals surface area (Å²) in [5.74, 6) is -1.23. The van der Waals surface area contributed by atoms with Crippen LogP contribution in [0.1, 0.15) is 20.7 Å². The summed E-state index contributed by atoms with van der Waals surface area (Å²) in [6, 6.07) is 5.81. The molecule has 0 unspecified atom stereocenters. The molecule has 4 nitrogen and oxygen atoms in total. The molecular formula is C8H6Cl2N2O2. The molecule has 14 heavy (non-hydrogen) atoms. The Bertz CT molecular complexity index is 379. The van der Waals surface area contributed by atoms with Crippen molar-refractivity contribution in [2.75, 3.05) is 0 Å². The highest BCUT2D eigenvalue weighted by atomic mass is 35.5. The molecule has 0 atom stereocenters. The summed E-state index contributed by atoms with van der Waals surface area (Å²) in [5, 5.41) is 0. The van der Waals surface area contributed by atoms with E-state index < -0.39 is 11.8 Å². The maximum Gasteiger partial charge on any atom is 0.283 e. The number of benzene rings is 1. The average Bonchev–Trinajstić information content (AvgIpc) is 2.16. The zero-order valence-electron chi connectivity index (χ0n) is 6.91. The molecule has 0 heterocycles. The highest BCUT2D eigenvalue weighted by Crippen LogP contribution is 2.11. The molecule has 0 spiro atoms. The number of nitrogens with two attached hydrogens (primary N) is 1. The Morgan fingerprint density at radius 2 is 1.79 bits per heavy atom. The minimum atomic E-state index is -0.615. The van der Waals surface area contributed by atoms with Crippen molar-refractivity contribution in [2.45, 2.75) is 0 Å². The number of halogens is 2. The van der Waals surface area contributed by atoms with Gasteiger partial charge in [0.1, 0.15) is 0 Å². The standard InChI is InChI=1S/C8H6Cl2N2O2/c9-12(10)8(14)6-3-1-2-5(4-6)7(11)13/h1-4H,(H2,11,13). The van der Waals surface area contributed by atoms with Crippen molar-refractivity contribution >= 4 is 35.4 Å². The first-order chi connectivity index (χ1) is 6.52. The van der Waals surface area contributed by atoms with E-state index in [9.17, 15) is 9.59 Å². The third-order valence-corrected chi connectivity index (χ3v) is 1.85. The van der Waals surface area contributed by atoms with Gasteiger partial charge in [0.15, 0.2) is 0 Å². The van der Waals surface area contributed by atoms with E-state index in [-0.39, 0.29) is 11.1 Å². The molecule has 1 aromatic carbocycles. The van der Waals surface area contributed by atoms with Crippen LogP contribution in [0, 0.1) is 0 Å². The molecule has 1 rings (SSSR count). The van der Waals surface area contributed by atoms with Gasteiger partial charge in [-0.2, -0.15) is 3.94 Å². The first-order valence-electron chi connectivity index (χ1n) is 3.58. The smallest absolute Gasteiger partial charge is 0.283 e. The quantitative estimate of drug-likeness (QED) is 0.787. The Labute approximate surface area is 90.4 Å². The van der Waals surface area contributed by atoms with Gasteiger partial charge in [0, 0.05) is 34.7 Å². The Hall–Kier alpha value is -1.26. The SMILES string of the molecule is NC(=O)c1cccc(C(=O)N(Cl)Cl)c1. The largest absolute Gasteiger partial charge is 0.366 e. The molecular weight excluding hydrogens is 227 g/mol. The summed E-state index contributed by atoms with van der Waals surface area (Å²) in [6.07, 6.45) is 0. The number of primary amides is 1. The Morgan fingerprint density at radius 3 is 2.29 bits per heavy atom. The van der Waals surface area contributed by atoms with Crippen LogP contribution in [0.15, 0.2) is 24.3 Å². The lowest BCUT2D eigenvalue weighted by molar-refractivity contribution is 0.0924. The van der Waals surface area contributed by atoms with E-state index in [1.807, 2.05) is 0 Å². The van der Waals surface area contributed by atoms with Crippen LogP contribution in [0.2, 0.25) is 0 Å². The first-order valence-corrected chi connectivity index (χ1v) is 4.26. The van der Waals surface area contributed by atoms with Crippen LogP contribution >= 0.6 is 23.6 Å². The molecule has 74 valence electrons. The molecule has 0 bridgehead atoms. The van der Waals surface area contributed by atoms with Gasteiger partial charge in [-0.15, -0.1) is 0 Å². The van der Waals surface area contributed by atoms with E-state index in [0.717, 1.165) is 0 Å². The van der Waals surface area contributed by atoms with Gasteiger partial charge in [0.05, 0.1) is 0 Å². The van der Waals surface area contributed by atoms with Crippen LogP contribution in [-0.2, 0) is 0 Å². The van der Waals surface area contributed by atoms with Crippen LogP contribution in [0.4, 0.5) is 0 Å². The van der Waals surface area contributed by atoms with Crippen LogP contribution in [-0.4, -0.2) is 15.8 Å². The zero-order chi connectivity index (χ0) is 10.7. The number of carbonyl (C=O) groups excluding carboxylic acids is 2. The molecule has 0 fully saturated rings. The fraction of sp³-hybridized carbons (Fsp3) is 0. The zero-order valence-corrected chi connectivity index (χ0v) is 8.42. The van der Waals surface area contributed by atoms with Crippen molar-refractivity contribution < 1.29 is 9.59 Å². The lowest BCUT2D eigenvalue weighted by Crippen LogP contribution is -2.15. The molecule has 0 radical (unpaired) electrons. The first kappa shape index (κ1) is 10.8. The fourth-order valence-electron chi connectivity index (χ4n) is 0.903. The van der Waals surface area contributed by atoms with Crippen molar-refractivity contribution in [1.82, 2.24) is 3.94 Å². The summed E-state index contributed by atoms with van der Waals surface area (Å²) in [4.78, 5) is 22.0. The predicted molar refractivity (Wildman–Crippen MR) is 52.8 cm³/mol. The summed E-state index contributed by atoms with van der Waals surface area (Å²) in [5.41, 5.74) is 5.46. The van der Waals surface area contributed by atoms with Gasteiger partial charge in [0.2, 0.25) is 5.91 Å². The van der Waals surface area contributed by atoms with E-state index in [1.165, 1.54) is 24.3 Å². The Morgan fingerprint density at radius 1 is 1.21 bits per heavy atom. The fourth-order valence-corrected chi connectivity index (χ4v) is 1.10. The number of hydrogen-bond acceptors (Lipinski definition) is 2. The third kappa shape index (κ3) is 2.37. The number of hydrogen-bond donors (Lipinski definition) is 1. The molecule has 6 heteroatoms. The number of rotatable bonds is 2. The highest BCUT2D eigenvalue weighted by molar-refractivity contribution is 6.43. The van der Waals surface area contributed by atoms with Crippen molar-refractivity contribution in [3.63, 3.8) is 0 Å². The summed E-state index contributed by atoms with van der Waals surface area (Å²) < 4.78 is 0.389. The second-order valence-electron chi connectivity index (χ2n) is 2.48. The van der Waals surface area contributed by atoms with Crippen molar-refractivity contribution in [3.8, 4) is 0 Å². The predicted octanol–water partition coefficient (Wildman–Crippen LogP) is 1.54. The van der Waals surface area contributed by atoms with Gasteiger partial charge in [0.25, 0.3) is 5.91 Å². The van der Waals surface area contributed by atoms with E-state index in [4.69, 9.17) is 29.3 Å². The van der Waals surface area contributed by atoms with E-state index >= 15 is 0 Å². The molecule has 1 aromatic rings. The van der Waals surface area contributed by atoms with Gasteiger partial charge in [-0.05, 0) is 18.2 Å². The second kappa shape index (κ2) is 4.30. The number of nitrogens with zero attached hydrogens (tertiary/aromatic N) is 1. The van der Waals surface area contributed by atoms with Crippen molar-refractivity contribution in [2.24, 2.45) is 5.73 Å². The maximum absolute atomic E-state index is 11.2. The minimum Gasteiger partial charge on any atom is -0.366 e. The number of amides is 2. The molecule has 0 aromatic heterocycles. The Balaban J connectivity index is 3.06. The van der Waals surface area contributed by atoms with Gasteiger partial charge in [-0.3, -0.25) is 9.59 Å². The summed E-state index contributed by atoms with van der Waals surface area (Å²) in [7, 11) is 0. The number of carbonyl (C=O) groups is 2. The normalized spacial score (nSPS) is 9.57. The van der Waals surface area contributed by atoms with Crippen LogP contribution < -0.4 is 5.73 Å². The molecule has 2 amide bonds. The molecule has 0 saturated heterocycles. The van der Waals surface area contributed by atoms with Crippen LogP contribution in [0.25, 0.3) is 0 Å². The van der Waals surface area contributed by atoms with E-state index in [1.54, 1.807) is 0 Å². The van der Waals surface area contributed by atoms with Crippen LogP contribution in [0.3, 0.4) is 0 Å². The van der Waals surface area contributed by atoms with E-state index in [2.05, 4.69) is 0 Å². The summed E-state index contributed by atoms with van der Waals surface area (Å²) >= 11 is 10.5. The van der Waals surface area contributed by atoms with Gasteiger partial charge in [-0.25, -0.2) is 0 Å². The minimum absolute atomic E-state index is 0.200. The second-order valence-corrected chi connectivity index (χ2v) is 3.33. The topological polar surface area (TPSA) is 63.4 Å². The third-order valence-electron chi connectivity index (χ3n) is 1.55.